The van der Waals surface area contributed by atoms with E-state index < -0.39 is 0 Å². The van der Waals surface area contributed by atoms with Gasteiger partial charge in [0.2, 0.25) is 0 Å². The van der Waals surface area contributed by atoms with Gasteiger partial charge in [0.1, 0.15) is 16.5 Å². The monoisotopic (exact) mass is 397 g/mol. The number of fused-ring (bicyclic) bond motifs is 1. The number of anilines is 2. The van der Waals surface area contributed by atoms with Crippen molar-refractivity contribution in [1.29, 1.82) is 0 Å². The molecule has 0 aliphatic carbocycles. The van der Waals surface area contributed by atoms with Crippen LogP contribution in [0.3, 0.4) is 0 Å². The molecule has 9 heteroatoms. The number of hydrogen-bond acceptors (Lipinski definition) is 8. The highest BCUT2D eigenvalue weighted by Gasteiger charge is 2.44. The van der Waals surface area contributed by atoms with Gasteiger partial charge >= 0.3 is 0 Å². The van der Waals surface area contributed by atoms with Crippen LogP contribution in [-0.4, -0.2) is 52.3 Å². The summed E-state index contributed by atoms with van der Waals surface area (Å²) in [6.45, 7) is 3.23. The number of nitrogen functional groups attached to an aromatic ring is 1. The molecule has 1 unspecified atom stereocenters. The number of aromatic nitrogens is 4. The number of hydrogen-bond donors (Lipinski definition) is 3. The van der Waals surface area contributed by atoms with Gasteiger partial charge in [-0.05, 0) is 25.0 Å². The molecule has 0 amide bonds. The lowest BCUT2D eigenvalue weighted by Gasteiger charge is -2.41. The Labute approximate surface area is 167 Å². The molecule has 5 N–H and O–H groups in total. The normalized spacial score (nSPS) is 21.6. The van der Waals surface area contributed by atoms with E-state index in [0.29, 0.717) is 17.5 Å². The lowest BCUT2D eigenvalue weighted by molar-refractivity contribution is 0.131. The van der Waals surface area contributed by atoms with E-state index in [4.69, 9.17) is 16.2 Å². The van der Waals surface area contributed by atoms with Crippen LogP contribution in [0.25, 0.3) is 11.0 Å². The number of piperidine rings is 1. The lowest BCUT2D eigenvalue weighted by Crippen LogP contribution is -2.49. The maximum absolute atomic E-state index is 6.28. The third-order valence-corrected chi connectivity index (χ3v) is 7.02. The summed E-state index contributed by atoms with van der Waals surface area (Å²) in [5.41, 5.74) is 13.5. The minimum atomic E-state index is 0.120. The van der Waals surface area contributed by atoms with E-state index in [1.54, 1.807) is 6.20 Å². The fourth-order valence-corrected chi connectivity index (χ4v) is 4.98. The van der Waals surface area contributed by atoms with Gasteiger partial charge in [0, 0.05) is 47.2 Å². The molecule has 2 fully saturated rings. The molecule has 2 saturated heterocycles. The molecule has 0 saturated carbocycles. The molecule has 2 aliphatic rings. The number of aromatic amines is 1. The predicted octanol–water partition coefficient (Wildman–Crippen LogP) is 2.03. The second-order valence-corrected chi connectivity index (χ2v) is 8.57. The summed E-state index contributed by atoms with van der Waals surface area (Å²) in [7, 11) is 0. The Hall–Kier alpha value is -2.36. The number of nitrogens with zero attached hydrogens (tertiary/aromatic N) is 4. The third-order valence-electron chi connectivity index (χ3n) is 5.93. The van der Waals surface area contributed by atoms with Crippen molar-refractivity contribution in [3.05, 3.63) is 30.7 Å². The third kappa shape index (κ3) is 2.99. The highest BCUT2D eigenvalue weighted by molar-refractivity contribution is 7.99. The van der Waals surface area contributed by atoms with E-state index in [1.807, 2.05) is 24.5 Å². The van der Waals surface area contributed by atoms with Crippen molar-refractivity contribution < 1.29 is 4.74 Å². The minimum absolute atomic E-state index is 0.120. The van der Waals surface area contributed by atoms with Crippen LogP contribution in [0.15, 0.2) is 40.6 Å². The summed E-state index contributed by atoms with van der Waals surface area (Å²) in [4.78, 5) is 20.0. The standard InChI is InChI=1S/C19H23N7OS/c20-14-10-27-11-19(14)3-7-26(8-4-19)15-9-24-18(16(21)25-15)28-13-2-6-23-17-12(13)1-5-22-17/h1-2,5-6,9,14H,3-4,7-8,10-11,20H2,(H2,21,25)(H,22,23). The zero-order chi connectivity index (χ0) is 19.1. The fraction of sp³-hybridized carbons (Fsp3) is 0.421. The average Bonchev–Trinajstić information content (AvgIpc) is 3.32. The van der Waals surface area contributed by atoms with Crippen LogP contribution in [0, 0.1) is 5.41 Å². The number of pyridine rings is 1. The molecule has 0 bridgehead atoms. The van der Waals surface area contributed by atoms with Crippen LogP contribution in [0.4, 0.5) is 11.6 Å². The molecule has 0 aromatic carbocycles. The Morgan fingerprint density at radius 3 is 2.86 bits per heavy atom. The topological polar surface area (TPSA) is 119 Å². The highest BCUT2D eigenvalue weighted by Crippen LogP contribution is 2.40. The van der Waals surface area contributed by atoms with Gasteiger partial charge in [-0.2, -0.15) is 0 Å². The summed E-state index contributed by atoms with van der Waals surface area (Å²) < 4.78 is 5.61. The van der Waals surface area contributed by atoms with Gasteiger partial charge in [-0.15, -0.1) is 0 Å². The summed E-state index contributed by atoms with van der Waals surface area (Å²) in [6.07, 6.45) is 7.49. The molecular weight excluding hydrogens is 374 g/mol. The van der Waals surface area contributed by atoms with Crippen molar-refractivity contribution in [1.82, 2.24) is 19.9 Å². The van der Waals surface area contributed by atoms with Gasteiger partial charge in [0.05, 0.1) is 19.4 Å². The molecule has 3 aromatic heterocycles. The van der Waals surface area contributed by atoms with Crippen molar-refractivity contribution in [3.63, 3.8) is 0 Å². The summed E-state index contributed by atoms with van der Waals surface area (Å²) in [5, 5.41) is 1.76. The number of nitrogens with two attached hydrogens (primary N) is 2. The van der Waals surface area contributed by atoms with E-state index in [0.717, 1.165) is 54.3 Å². The van der Waals surface area contributed by atoms with Crippen LogP contribution >= 0.6 is 11.8 Å². The molecular formula is C19H23N7OS. The molecule has 3 aromatic rings. The predicted molar refractivity (Wildman–Crippen MR) is 109 cm³/mol. The van der Waals surface area contributed by atoms with E-state index in [-0.39, 0.29) is 11.5 Å². The summed E-state index contributed by atoms with van der Waals surface area (Å²) in [6, 6.07) is 4.10. The van der Waals surface area contributed by atoms with Crippen LogP contribution < -0.4 is 16.4 Å². The number of H-pyrrole nitrogens is 1. The van der Waals surface area contributed by atoms with E-state index >= 15 is 0 Å². The first-order chi connectivity index (χ1) is 13.6. The van der Waals surface area contributed by atoms with Gasteiger partial charge in [0.25, 0.3) is 0 Å². The number of ether oxygens (including phenoxy) is 1. The molecule has 1 spiro atoms. The van der Waals surface area contributed by atoms with Crippen molar-refractivity contribution in [2.75, 3.05) is 36.9 Å². The maximum Gasteiger partial charge on any atom is 0.158 e. The summed E-state index contributed by atoms with van der Waals surface area (Å²) in [5.74, 6) is 1.27. The zero-order valence-corrected chi connectivity index (χ0v) is 16.3. The Morgan fingerprint density at radius 1 is 1.25 bits per heavy atom. The first kappa shape index (κ1) is 17.7. The largest absolute Gasteiger partial charge is 0.381 e. The smallest absolute Gasteiger partial charge is 0.158 e. The van der Waals surface area contributed by atoms with Gasteiger partial charge in [0.15, 0.2) is 5.82 Å². The molecule has 146 valence electrons. The number of nitrogens with one attached hydrogen (secondary N) is 1. The van der Waals surface area contributed by atoms with Gasteiger partial charge in [-0.25, -0.2) is 15.0 Å². The Bertz CT molecular complexity index is 999. The molecule has 28 heavy (non-hydrogen) atoms. The second kappa shape index (κ2) is 6.91. The Kier molecular flexibility index (Phi) is 4.37. The minimum Gasteiger partial charge on any atom is -0.381 e. The zero-order valence-electron chi connectivity index (χ0n) is 15.5. The highest BCUT2D eigenvalue weighted by atomic mass is 32.2. The number of rotatable bonds is 3. The fourth-order valence-electron chi connectivity index (χ4n) is 4.11. The van der Waals surface area contributed by atoms with Crippen LogP contribution in [0.1, 0.15) is 12.8 Å². The first-order valence-corrected chi connectivity index (χ1v) is 10.3. The van der Waals surface area contributed by atoms with Crippen molar-refractivity contribution in [3.8, 4) is 0 Å². The molecule has 5 rings (SSSR count). The maximum atomic E-state index is 6.28. The summed E-state index contributed by atoms with van der Waals surface area (Å²) >= 11 is 1.51. The van der Waals surface area contributed by atoms with Crippen molar-refractivity contribution in [2.24, 2.45) is 11.1 Å². The van der Waals surface area contributed by atoms with E-state index in [2.05, 4.69) is 24.8 Å². The molecule has 0 radical (unpaired) electrons. The van der Waals surface area contributed by atoms with Gasteiger partial charge in [-0.3, -0.25) is 0 Å². The molecule has 1 atom stereocenters. The Balaban J connectivity index is 1.32. The Morgan fingerprint density at radius 2 is 2.11 bits per heavy atom. The van der Waals surface area contributed by atoms with E-state index in [1.165, 1.54) is 11.8 Å². The van der Waals surface area contributed by atoms with Crippen LogP contribution in [-0.2, 0) is 4.74 Å². The average molecular weight is 398 g/mol. The molecule has 5 heterocycles. The van der Waals surface area contributed by atoms with Gasteiger partial charge in [-0.1, -0.05) is 11.8 Å². The SMILES string of the molecule is Nc1nc(N2CCC3(CC2)COCC3N)cnc1Sc1ccnc2[nH]ccc12. The van der Waals surface area contributed by atoms with Crippen molar-refractivity contribution in [2.45, 2.75) is 28.8 Å². The van der Waals surface area contributed by atoms with Crippen LogP contribution in [0.2, 0.25) is 0 Å². The molecule has 8 nitrogen and oxygen atoms in total. The first-order valence-electron chi connectivity index (χ1n) is 9.45. The van der Waals surface area contributed by atoms with Crippen molar-refractivity contribution >= 4 is 34.4 Å². The van der Waals surface area contributed by atoms with Gasteiger partial charge < -0.3 is 26.1 Å². The van der Waals surface area contributed by atoms with E-state index in [9.17, 15) is 0 Å². The molecule has 2 aliphatic heterocycles. The second-order valence-electron chi connectivity index (χ2n) is 7.54. The van der Waals surface area contributed by atoms with Crippen LogP contribution in [0.5, 0.6) is 0 Å². The lowest BCUT2D eigenvalue weighted by atomic mass is 9.75. The quantitative estimate of drug-likeness (QED) is 0.614.